The van der Waals surface area contributed by atoms with Crippen LogP contribution in [-0.2, 0) is 47.9 Å². The molecule has 3 heterocycles. The van der Waals surface area contributed by atoms with Gasteiger partial charge in [-0.3, -0.25) is 0 Å². The topological polar surface area (TPSA) is 120 Å². The summed E-state index contributed by atoms with van der Waals surface area (Å²) in [5.74, 6) is 0. The van der Waals surface area contributed by atoms with Crippen LogP contribution in [-0.4, -0.2) is 67.9 Å². The van der Waals surface area contributed by atoms with Gasteiger partial charge in [0.15, 0.2) is 10.1 Å². The summed E-state index contributed by atoms with van der Waals surface area (Å²) in [6, 6.07) is 6.30. The molecule has 0 aromatic carbocycles. The van der Waals surface area contributed by atoms with Gasteiger partial charge in [0.2, 0.25) is 0 Å². The first-order valence-corrected chi connectivity index (χ1v) is 14.8. The third-order valence-corrected chi connectivity index (χ3v) is 6.36. The van der Waals surface area contributed by atoms with Gasteiger partial charge < -0.3 is 23.1 Å². The first kappa shape index (κ1) is 39.9. The minimum Gasteiger partial charge on any atom is -0.741 e. The third-order valence-electron chi connectivity index (χ3n) is 5.79. The van der Waals surface area contributed by atoms with Gasteiger partial charge in [-0.2, -0.15) is 13.2 Å². The summed E-state index contributed by atoms with van der Waals surface area (Å²) in [6.45, 7) is 25.3. The molecule has 3 rings (SSSR count). The minimum atomic E-state index is -6.09. The van der Waals surface area contributed by atoms with E-state index in [0.29, 0.717) is 0 Å². The molecule has 0 bridgehead atoms. The number of rotatable bonds is 5. The molecule has 0 fully saturated rings. The van der Waals surface area contributed by atoms with Gasteiger partial charge in [0.1, 0.15) is 0 Å². The van der Waals surface area contributed by atoms with E-state index in [1.807, 2.05) is 27.6 Å². The minimum absolute atomic E-state index is 0. The monoisotopic (exact) mass is 663 g/mol. The molecule has 16 heteroatoms. The van der Waals surface area contributed by atoms with E-state index >= 15 is 0 Å². The first-order chi connectivity index (χ1) is 18.4. The van der Waals surface area contributed by atoms with Crippen molar-refractivity contribution in [1.29, 1.82) is 0 Å². The molecule has 0 aliphatic heterocycles. The van der Waals surface area contributed by atoms with E-state index in [0.717, 1.165) is 30.3 Å². The molecule has 0 aliphatic rings. The van der Waals surface area contributed by atoms with Crippen LogP contribution in [0.4, 0.5) is 13.2 Å². The normalized spacial score (nSPS) is 12.7. The molecule has 3 aromatic rings. The van der Waals surface area contributed by atoms with Crippen molar-refractivity contribution in [2.24, 2.45) is 0 Å². The fourth-order valence-corrected chi connectivity index (χ4v) is 3.41. The Balaban J connectivity index is 0.00000101. The summed E-state index contributed by atoms with van der Waals surface area (Å²) in [6.07, 6.45) is 6.16. The Hall–Kier alpha value is -2.14. The molecule has 0 aliphatic carbocycles. The van der Waals surface area contributed by atoms with Gasteiger partial charge in [-0.25, -0.2) is 23.7 Å². The molecular weight excluding hydrogens is 619 g/mol. The van der Waals surface area contributed by atoms with Crippen LogP contribution in [0.1, 0.15) is 93.2 Å². The summed E-state index contributed by atoms with van der Waals surface area (Å²) < 4.78 is 69.8. The molecule has 3 aromatic heterocycles. The van der Waals surface area contributed by atoms with Crippen molar-refractivity contribution >= 4 is 17.2 Å². The fourth-order valence-electron chi connectivity index (χ4n) is 3.41. The van der Waals surface area contributed by atoms with Crippen LogP contribution in [0.5, 0.6) is 0 Å². The van der Waals surface area contributed by atoms with Crippen molar-refractivity contribution in [3.63, 3.8) is 0 Å². The van der Waals surface area contributed by atoms with Crippen molar-refractivity contribution in [2.75, 3.05) is 13.2 Å². The maximum atomic E-state index is 10.7. The second-order valence-electron chi connectivity index (χ2n) is 12.6. The number of hydrogen-bond acceptors (Lipinski definition) is 7. The smallest absolute Gasteiger partial charge is 0.741 e. The SMILES string of the molecule is CC(C)(C)c1ccn([BH-](n2ccc(C(C)(C)C)n2)n2ccc(C(C)(C)C)n2)n1.CCOCC.O=S(=O)([O-])C(F)(F)F.[Co+2]. The van der Waals surface area contributed by atoms with Gasteiger partial charge in [0.05, 0.1) is 17.1 Å². The number of aromatic nitrogens is 6. The first-order valence-electron chi connectivity index (χ1n) is 13.4. The summed E-state index contributed by atoms with van der Waals surface area (Å²) in [5.41, 5.74) is -2.46. The zero-order valence-electron chi connectivity index (χ0n) is 26.3. The molecule has 0 atom stereocenters. The number of alkyl halides is 3. The van der Waals surface area contributed by atoms with E-state index in [1.165, 1.54) is 0 Å². The van der Waals surface area contributed by atoms with Crippen molar-refractivity contribution in [3.8, 4) is 0 Å². The van der Waals surface area contributed by atoms with Crippen molar-refractivity contribution in [3.05, 3.63) is 53.9 Å². The van der Waals surface area contributed by atoms with Crippen molar-refractivity contribution < 1.29 is 47.7 Å². The molecule has 241 valence electrons. The van der Waals surface area contributed by atoms with Gasteiger partial charge in [0.25, 0.3) is 0 Å². The molecule has 0 saturated carbocycles. The number of nitrogens with zero attached hydrogens (tertiary/aromatic N) is 6. The van der Waals surface area contributed by atoms with Gasteiger partial charge in [-0.15, -0.1) is 0 Å². The van der Waals surface area contributed by atoms with Crippen LogP contribution >= 0.6 is 0 Å². The van der Waals surface area contributed by atoms with E-state index in [2.05, 4.69) is 99.1 Å². The maximum absolute atomic E-state index is 10.7. The maximum Gasteiger partial charge on any atom is 2.00 e. The van der Waals surface area contributed by atoms with Gasteiger partial charge in [-0.05, 0) is 50.6 Å². The van der Waals surface area contributed by atoms with Gasteiger partial charge >= 0.3 is 29.4 Å². The second-order valence-corrected chi connectivity index (χ2v) is 13.9. The predicted octanol–water partition coefficient (Wildman–Crippen LogP) is 4.92. The standard InChI is InChI=1S/C21H34BN6.C4H10O.CHF3O3S.Co/c1-19(2,3)16-10-13-26(23-16)22(27-14-11-17(24-27)20(4,5)6)28-15-12-18(25-28)21(7,8)9;1-3-5-4-2;2-1(3,4)8(5,6)7;/h10-15,22H,1-9H3;3-4H2,1-2H3;(H,5,6,7);/q-1;;;+2/p-1. The largest absolute Gasteiger partial charge is 2.00 e. The molecule has 42 heavy (non-hydrogen) atoms. The van der Waals surface area contributed by atoms with Crippen molar-refractivity contribution in [2.45, 2.75) is 97.9 Å². The molecule has 0 unspecified atom stereocenters. The average molecular weight is 663 g/mol. The molecule has 10 nitrogen and oxygen atoms in total. The number of ether oxygens (including phenoxy) is 1. The Kier molecular flexibility index (Phi) is 14.3. The zero-order chi connectivity index (χ0) is 32.0. The summed E-state index contributed by atoms with van der Waals surface area (Å²) in [4.78, 5) is 0. The Morgan fingerprint density at radius 2 is 0.952 bits per heavy atom. The third kappa shape index (κ3) is 11.9. The van der Waals surface area contributed by atoms with E-state index < -0.39 is 22.7 Å². The Morgan fingerprint density at radius 3 is 1.07 bits per heavy atom. The van der Waals surface area contributed by atoms with Crippen LogP contribution < -0.4 is 0 Å². The van der Waals surface area contributed by atoms with Crippen LogP contribution in [0.15, 0.2) is 36.8 Å². The number of hydrogen-bond donors (Lipinski definition) is 0. The Labute approximate surface area is 258 Å². The quantitative estimate of drug-likeness (QED) is 0.216. The van der Waals surface area contributed by atoms with Crippen LogP contribution in [0.25, 0.3) is 0 Å². The molecular formula is C26H44BCoF3N6O4S. The summed E-state index contributed by atoms with van der Waals surface area (Å²) in [5, 5.41) is 14.7. The van der Waals surface area contributed by atoms with Crippen LogP contribution in [0.2, 0.25) is 0 Å². The van der Waals surface area contributed by atoms with E-state index in [4.69, 9.17) is 33.0 Å². The zero-order valence-corrected chi connectivity index (χ0v) is 28.1. The number of halogens is 3. The van der Waals surface area contributed by atoms with E-state index in [-0.39, 0.29) is 33.0 Å². The van der Waals surface area contributed by atoms with E-state index in [1.54, 1.807) is 0 Å². The Morgan fingerprint density at radius 1 is 0.714 bits per heavy atom. The molecule has 0 saturated heterocycles. The predicted molar refractivity (Wildman–Crippen MR) is 154 cm³/mol. The van der Waals surface area contributed by atoms with Crippen LogP contribution in [0, 0.1) is 0 Å². The average Bonchev–Trinajstić information content (AvgIpc) is 3.55. The second kappa shape index (κ2) is 15.0. The van der Waals surface area contributed by atoms with Crippen molar-refractivity contribution in [1.82, 2.24) is 29.1 Å². The molecule has 0 spiro atoms. The fraction of sp³-hybridized carbons (Fsp3) is 0.654. The van der Waals surface area contributed by atoms with E-state index in [9.17, 15) is 13.2 Å². The Bertz CT molecular complexity index is 1210. The van der Waals surface area contributed by atoms with Gasteiger partial charge in [-0.1, -0.05) is 62.3 Å². The molecule has 0 amide bonds. The summed E-state index contributed by atoms with van der Waals surface area (Å²) >= 11 is 0. The summed E-state index contributed by atoms with van der Waals surface area (Å²) in [7, 11) is -7.43. The molecule has 1 radical (unpaired) electrons. The van der Waals surface area contributed by atoms with Crippen LogP contribution in [0.3, 0.4) is 0 Å². The molecule has 0 N–H and O–H groups in total. The van der Waals surface area contributed by atoms with Gasteiger partial charge in [0, 0.05) is 29.5 Å².